The van der Waals surface area contributed by atoms with Gasteiger partial charge < -0.3 is 4.74 Å². The summed E-state index contributed by atoms with van der Waals surface area (Å²) in [7, 11) is 0. The third-order valence-electron chi connectivity index (χ3n) is 2.31. The van der Waals surface area contributed by atoms with E-state index in [1.54, 1.807) is 0 Å². The Morgan fingerprint density at radius 3 is 2.75 bits per heavy atom. The molecule has 0 amide bonds. The van der Waals surface area contributed by atoms with Gasteiger partial charge in [-0.2, -0.15) is 5.26 Å². The number of ether oxygens (including phenoxy) is 1. The van der Waals surface area contributed by atoms with Crippen molar-refractivity contribution >= 4 is 11.7 Å². The van der Waals surface area contributed by atoms with Crippen LogP contribution in [-0.4, -0.2) is 22.5 Å². The lowest BCUT2D eigenvalue weighted by Gasteiger charge is -2.08. The zero-order chi connectivity index (χ0) is 15.3. The summed E-state index contributed by atoms with van der Waals surface area (Å²) in [6.07, 6.45) is -2.96. The Balaban J connectivity index is 3.39. The van der Waals surface area contributed by atoms with Crippen molar-refractivity contribution in [2.45, 2.75) is 19.8 Å². The normalized spacial score (nSPS) is 10.2. The van der Waals surface area contributed by atoms with Gasteiger partial charge in [-0.3, -0.25) is 14.9 Å². The molecule has 0 N–H and O–H groups in total. The van der Waals surface area contributed by atoms with Crippen LogP contribution < -0.4 is 0 Å². The molecule has 0 aliphatic carbocycles. The Morgan fingerprint density at radius 1 is 1.65 bits per heavy atom. The minimum Gasteiger partial charge on any atom is -0.466 e. The standard InChI is InChI=1S/C11H9F2N3O4/c1-2-20-8(17)3-6-5-15-7(4-14)9(11(12)13)10(6)16(18)19/h5,11H,2-3H2,1H3. The van der Waals surface area contributed by atoms with Crippen molar-refractivity contribution < 1.29 is 23.2 Å². The van der Waals surface area contributed by atoms with Crippen LogP contribution in [0.3, 0.4) is 0 Å². The van der Waals surface area contributed by atoms with E-state index in [-0.39, 0.29) is 12.2 Å². The van der Waals surface area contributed by atoms with Crippen LogP contribution in [0.25, 0.3) is 0 Å². The van der Waals surface area contributed by atoms with E-state index in [9.17, 15) is 23.7 Å². The number of alkyl halides is 2. The predicted octanol–water partition coefficient (Wildman–Crippen LogP) is 1.90. The number of hydrogen-bond acceptors (Lipinski definition) is 6. The number of carbonyl (C=O) groups is 1. The van der Waals surface area contributed by atoms with Gasteiger partial charge in [-0.15, -0.1) is 0 Å². The molecule has 106 valence electrons. The molecule has 0 unspecified atom stereocenters. The summed E-state index contributed by atoms with van der Waals surface area (Å²) in [6, 6.07) is 1.37. The van der Waals surface area contributed by atoms with Gasteiger partial charge in [0.25, 0.3) is 12.1 Å². The van der Waals surface area contributed by atoms with Crippen molar-refractivity contribution in [3.63, 3.8) is 0 Å². The number of nitriles is 1. The number of aromatic nitrogens is 1. The van der Waals surface area contributed by atoms with Crippen LogP contribution in [-0.2, 0) is 16.0 Å². The van der Waals surface area contributed by atoms with Gasteiger partial charge >= 0.3 is 5.97 Å². The minimum atomic E-state index is -3.25. The van der Waals surface area contributed by atoms with Gasteiger partial charge in [-0.05, 0) is 6.92 Å². The lowest BCUT2D eigenvalue weighted by Crippen LogP contribution is -2.12. The highest BCUT2D eigenvalue weighted by atomic mass is 19.3. The van der Waals surface area contributed by atoms with E-state index in [1.165, 1.54) is 13.0 Å². The summed E-state index contributed by atoms with van der Waals surface area (Å²) in [5, 5.41) is 19.6. The summed E-state index contributed by atoms with van der Waals surface area (Å²) >= 11 is 0. The summed E-state index contributed by atoms with van der Waals surface area (Å²) in [5.41, 5.74) is -3.11. The van der Waals surface area contributed by atoms with Gasteiger partial charge in [0.05, 0.1) is 23.5 Å². The zero-order valence-electron chi connectivity index (χ0n) is 10.3. The van der Waals surface area contributed by atoms with Crippen LogP contribution in [0, 0.1) is 21.4 Å². The molecule has 1 heterocycles. The quantitative estimate of drug-likeness (QED) is 0.464. The van der Waals surface area contributed by atoms with Gasteiger partial charge in [0.2, 0.25) is 0 Å². The fourth-order valence-corrected chi connectivity index (χ4v) is 1.57. The molecule has 0 aromatic carbocycles. The molecule has 7 nitrogen and oxygen atoms in total. The van der Waals surface area contributed by atoms with Crippen molar-refractivity contribution in [3.8, 4) is 6.07 Å². The Bertz CT molecular complexity index is 584. The lowest BCUT2D eigenvalue weighted by molar-refractivity contribution is -0.387. The lowest BCUT2D eigenvalue weighted by atomic mass is 10.1. The van der Waals surface area contributed by atoms with Gasteiger partial charge in [-0.25, -0.2) is 13.8 Å². The number of nitrogens with zero attached hydrogens (tertiary/aromatic N) is 3. The summed E-state index contributed by atoms with van der Waals surface area (Å²) < 4.78 is 30.4. The second-order valence-electron chi connectivity index (χ2n) is 3.55. The van der Waals surface area contributed by atoms with Crippen molar-refractivity contribution in [2.24, 2.45) is 0 Å². The summed E-state index contributed by atoms with van der Waals surface area (Å²) in [5.74, 6) is -0.803. The predicted molar refractivity (Wildman–Crippen MR) is 60.9 cm³/mol. The molecular weight excluding hydrogens is 276 g/mol. The van der Waals surface area contributed by atoms with Crippen LogP contribution in [0.1, 0.15) is 30.2 Å². The highest BCUT2D eigenvalue weighted by Crippen LogP contribution is 2.33. The first-order chi connectivity index (χ1) is 9.42. The number of esters is 1. The van der Waals surface area contributed by atoms with Crippen molar-refractivity contribution in [1.29, 1.82) is 5.26 Å². The minimum absolute atomic E-state index is 0.0536. The first-order valence-electron chi connectivity index (χ1n) is 5.42. The van der Waals surface area contributed by atoms with E-state index in [0.717, 1.165) is 6.20 Å². The van der Waals surface area contributed by atoms with Crippen LogP contribution in [0.15, 0.2) is 6.20 Å². The molecule has 0 saturated heterocycles. The van der Waals surface area contributed by atoms with Gasteiger partial charge in [-0.1, -0.05) is 0 Å². The SMILES string of the molecule is CCOC(=O)Cc1cnc(C#N)c(C(F)F)c1[N+](=O)[O-]. The summed E-state index contributed by atoms with van der Waals surface area (Å²) in [4.78, 5) is 24.6. The maximum absolute atomic E-state index is 12.9. The van der Waals surface area contributed by atoms with E-state index in [4.69, 9.17) is 5.26 Å². The fourth-order valence-electron chi connectivity index (χ4n) is 1.57. The van der Waals surface area contributed by atoms with E-state index in [0.29, 0.717) is 0 Å². The first-order valence-corrected chi connectivity index (χ1v) is 5.42. The second kappa shape index (κ2) is 6.51. The van der Waals surface area contributed by atoms with Crippen molar-refractivity contribution in [1.82, 2.24) is 4.98 Å². The average Bonchev–Trinajstić information content (AvgIpc) is 2.37. The molecule has 0 aliphatic rings. The molecule has 0 atom stereocenters. The van der Waals surface area contributed by atoms with Gasteiger partial charge in [0.15, 0.2) is 5.69 Å². The topological polar surface area (TPSA) is 106 Å². The molecule has 0 saturated carbocycles. The molecule has 0 fully saturated rings. The monoisotopic (exact) mass is 285 g/mol. The Kier molecular flexibility index (Phi) is 5.02. The average molecular weight is 285 g/mol. The van der Waals surface area contributed by atoms with E-state index in [1.807, 2.05) is 0 Å². The van der Waals surface area contributed by atoms with Crippen LogP contribution in [0.5, 0.6) is 0 Å². The van der Waals surface area contributed by atoms with Crippen LogP contribution in [0.4, 0.5) is 14.5 Å². The highest BCUT2D eigenvalue weighted by Gasteiger charge is 2.31. The Hall–Kier alpha value is -2.63. The maximum atomic E-state index is 12.9. The van der Waals surface area contributed by atoms with Crippen molar-refractivity contribution in [2.75, 3.05) is 6.61 Å². The van der Waals surface area contributed by atoms with Crippen LogP contribution >= 0.6 is 0 Å². The van der Waals surface area contributed by atoms with Crippen molar-refractivity contribution in [3.05, 3.63) is 33.1 Å². The molecule has 1 rings (SSSR count). The first kappa shape index (κ1) is 15.4. The molecular formula is C11H9F2N3O4. The Labute approximate surface area is 111 Å². The van der Waals surface area contributed by atoms with E-state index in [2.05, 4.69) is 9.72 Å². The van der Waals surface area contributed by atoms with E-state index < -0.39 is 40.7 Å². The largest absolute Gasteiger partial charge is 0.466 e. The van der Waals surface area contributed by atoms with Gasteiger partial charge in [0.1, 0.15) is 11.6 Å². The molecule has 0 spiro atoms. The molecule has 1 aromatic rings. The number of rotatable bonds is 5. The number of nitro groups is 1. The number of carbonyl (C=O) groups excluding carboxylic acids is 1. The summed E-state index contributed by atoms with van der Waals surface area (Å²) in [6.45, 7) is 1.59. The third kappa shape index (κ3) is 3.23. The van der Waals surface area contributed by atoms with E-state index >= 15 is 0 Å². The Morgan fingerprint density at radius 2 is 2.30 bits per heavy atom. The molecule has 0 radical (unpaired) electrons. The molecule has 0 bridgehead atoms. The third-order valence-corrected chi connectivity index (χ3v) is 2.31. The zero-order valence-corrected chi connectivity index (χ0v) is 10.3. The molecule has 9 heteroatoms. The second-order valence-corrected chi connectivity index (χ2v) is 3.55. The number of pyridine rings is 1. The smallest absolute Gasteiger partial charge is 0.310 e. The molecule has 0 aliphatic heterocycles. The number of hydrogen-bond donors (Lipinski definition) is 0. The molecule has 1 aromatic heterocycles. The number of halogens is 2. The maximum Gasteiger partial charge on any atom is 0.310 e. The highest BCUT2D eigenvalue weighted by molar-refractivity contribution is 5.74. The van der Waals surface area contributed by atoms with Crippen LogP contribution in [0.2, 0.25) is 0 Å². The van der Waals surface area contributed by atoms with Gasteiger partial charge in [0, 0.05) is 6.20 Å². The fraction of sp³-hybridized carbons (Fsp3) is 0.364. The molecule has 20 heavy (non-hydrogen) atoms.